The van der Waals surface area contributed by atoms with E-state index in [-0.39, 0.29) is 10.7 Å². The summed E-state index contributed by atoms with van der Waals surface area (Å²) in [5, 5.41) is 9.13. The molecule has 19 heavy (non-hydrogen) atoms. The first-order valence-electron chi connectivity index (χ1n) is 5.86. The number of carboxylic acids is 1. The van der Waals surface area contributed by atoms with Crippen molar-refractivity contribution in [1.29, 1.82) is 0 Å². The van der Waals surface area contributed by atoms with Crippen LogP contribution in [0.2, 0.25) is 0 Å². The number of nitrogen functional groups attached to an aromatic ring is 1. The minimum atomic E-state index is -1.02. The Morgan fingerprint density at radius 1 is 1.47 bits per heavy atom. The summed E-state index contributed by atoms with van der Waals surface area (Å²) < 4.78 is 13.1. The lowest BCUT2D eigenvalue weighted by molar-refractivity contribution is 0.0703. The topological polar surface area (TPSA) is 63.3 Å². The molecule has 1 aromatic carbocycles. The molecular formula is C14H14FNO2S. The van der Waals surface area contributed by atoms with Gasteiger partial charge >= 0.3 is 5.97 Å². The molecule has 1 heterocycles. The number of aryl methyl sites for hydroxylation is 1. The summed E-state index contributed by atoms with van der Waals surface area (Å²) in [6.45, 7) is 3.72. The van der Waals surface area contributed by atoms with Crippen LogP contribution in [0.25, 0.3) is 10.4 Å². The van der Waals surface area contributed by atoms with Gasteiger partial charge in [0.15, 0.2) is 0 Å². The number of carboxylic acid groups (broad SMARTS) is 1. The zero-order valence-electron chi connectivity index (χ0n) is 10.7. The second kappa shape index (κ2) is 5.01. The Morgan fingerprint density at radius 2 is 2.16 bits per heavy atom. The van der Waals surface area contributed by atoms with Crippen LogP contribution in [-0.4, -0.2) is 11.1 Å². The Labute approximate surface area is 114 Å². The van der Waals surface area contributed by atoms with Crippen LogP contribution < -0.4 is 5.73 Å². The summed E-state index contributed by atoms with van der Waals surface area (Å²) in [4.78, 5) is 12.1. The van der Waals surface area contributed by atoms with Crippen LogP contribution in [0.1, 0.15) is 27.7 Å². The first-order valence-corrected chi connectivity index (χ1v) is 6.68. The summed E-state index contributed by atoms with van der Waals surface area (Å²) in [5.74, 6) is -1.33. The van der Waals surface area contributed by atoms with E-state index < -0.39 is 5.97 Å². The number of carbonyl (C=O) groups is 1. The molecule has 0 unspecified atom stereocenters. The van der Waals surface area contributed by atoms with Crippen LogP contribution in [0.3, 0.4) is 0 Å². The standard InChI is InChI=1S/C14H14FNO2S/c1-3-9-11(16)13(14(17)18)19-12(9)10-5-4-8(15)6-7(10)2/h4-6H,3,16H2,1-2H3,(H,17,18). The average molecular weight is 279 g/mol. The summed E-state index contributed by atoms with van der Waals surface area (Å²) >= 11 is 1.14. The Kier molecular flexibility index (Phi) is 3.57. The lowest BCUT2D eigenvalue weighted by atomic mass is 10.0. The molecule has 0 aliphatic carbocycles. The van der Waals surface area contributed by atoms with Crippen molar-refractivity contribution in [2.75, 3.05) is 5.73 Å². The van der Waals surface area contributed by atoms with Crippen LogP contribution in [-0.2, 0) is 6.42 Å². The third-order valence-corrected chi connectivity index (χ3v) is 4.30. The highest BCUT2D eigenvalue weighted by atomic mass is 32.1. The smallest absolute Gasteiger partial charge is 0.348 e. The highest BCUT2D eigenvalue weighted by molar-refractivity contribution is 7.18. The highest BCUT2D eigenvalue weighted by Crippen LogP contribution is 2.40. The Bertz CT molecular complexity index is 649. The molecule has 0 aliphatic heterocycles. The molecule has 0 saturated heterocycles. The van der Waals surface area contributed by atoms with Gasteiger partial charge in [-0.2, -0.15) is 0 Å². The van der Waals surface area contributed by atoms with Gasteiger partial charge in [0.05, 0.1) is 5.69 Å². The summed E-state index contributed by atoms with van der Waals surface area (Å²) in [5.41, 5.74) is 8.63. The summed E-state index contributed by atoms with van der Waals surface area (Å²) in [6.07, 6.45) is 0.641. The van der Waals surface area contributed by atoms with E-state index in [1.807, 2.05) is 6.92 Å². The number of halogens is 1. The number of thiophene rings is 1. The van der Waals surface area contributed by atoms with Crippen molar-refractivity contribution < 1.29 is 14.3 Å². The van der Waals surface area contributed by atoms with E-state index in [9.17, 15) is 9.18 Å². The molecule has 0 saturated carbocycles. The first kappa shape index (κ1) is 13.5. The number of anilines is 1. The molecule has 1 aromatic heterocycles. The second-order valence-electron chi connectivity index (χ2n) is 4.27. The third kappa shape index (κ3) is 2.33. The fourth-order valence-electron chi connectivity index (χ4n) is 2.09. The van der Waals surface area contributed by atoms with Crippen LogP contribution in [0.15, 0.2) is 18.2 Å². The SMILES string of the molecule is CCc1c(-c2ccc(F)cc2C)sc(C(=O)O)c1N. The van der Waals surface area contributed by atoms with Crippen molar-refractivity contribution in [2.45, 2.75) is 20.3 Å². The number of rotatable bonds is 3. The lowest BCUT2D eigenvalue weighted by Crippen LogP contribution is -1.99. The van der Waals surface area contributed by atoms with Crippen LogP contribution >= 0.6 is 11.3 Å². The molecule has 2 aromatic rings. The Balaban J connectivity index is 2.68. The fourth-order valence-corrected chi connectivity index (χ4v) is 3.33. The van der Waals surface area contributed by atoms with Gasteiger partial charge in [0.2, 0.25) is 0 Å². The maximum atomic E-state index is 13.1. The van der Waals surface area contributed by atoms with Gasteiger partial charge in [-0.25, -0.2) is 9.18 Å². The van der Waals surface area contributed by atoms with E-state index >= 15 is 0 Å². The van der Waals surface area contributed by atoms with Crippen LogP contribution in [0.4, 0.5) is 10.1 Å². The number of nitrogens with two attached hydrogens (primary N) is 1. The Morgan fingerprint density at radius 3 is 2.68 bits per heavy atom. The second-order valence-corrected chi connectivity index (χ2v) is 5.29. The monoisotopic (exact) mass is 279 g/mol. The lowest BCUT2D eigenvalue weighted by Gasteiger charge is -2.06. The van der Waals surface area contributed by atoms with Crippen molar-refractivity contribution in [3.05, 3.63) is 40.0 Å². The van der Waals surface area contributed by atoms with E-state index in [2.05, 4.69) is 0 Å². The number of benzene rings is 1. The maximum absolute atomic E-state index is 13.1. The molecule has 0 aliphatic rings. The maximum Gasteiger partial charge on any atom is 0.348 e. The molecule has 3 N–H and O–H groups in total. The van der Waals surface area contributed by atoms with Crippen molar-refractivity contribution in [1.82, 2.24) is 0 Å². The van der Waals surface area contributed by atoms with Gasteiger partial charge in [-0.1, -0.05) is 13.0 Å². The summed E-state index contributed by atoms with van der Waals surface area (Å²) in [7, 11) is 0. The quantitative estimate of drug-likeness (QED) is 0.900. The fraction of sp³-hybridized carbons (Fsp3) is 0.214. The van der Waals surface area contributed by atoms with E-state index in [4.69, 9.17) is 10.8 Å². The highest BCUT2D eigenvalue weighted by Gasteiger charge is 2.21. The molecule has 100 valence electrons. The minimum absolute atomic E-state index is 0.149. The minimum Gasteiger partial charge on any atom is -0.477 e. The van der Waals surface area contributed by atoms with Gasteiger partial charge in [0, 0.05) is 4.88 Å². The predicted molar refractivity (Wildman–Crippen MR) is 75.2 cm³/mol. The number of hydrogen-bond acceptors (Lipinski definition) is 3. The largest absolute Gasteiger partial charge is 0.477 e. The van der Waals surface area contributed by atoms with Gasteiger partial charge in [-0.3, -0.25) is 0 Å². The van der Waals surface area contributed by atoms with Crippen LogP contribution in [0, 0.1) is 12.7 Å². The zero-order chi connectivity index (χ0) is 14.2. The molecule has 0 radical (unpaired) electrons. The molecule has 0 fully saturated rings. The molecule has 5 heteroatoms. The van der Waals surface area contributed by atoms with Crippen molar-refractivity contribution in [3.8, 4) is 10.4 Å². The molecule has 0 spiro atoms. The van der Waals surface area contributed by atoms with Crippen molar-refractivity contribution in [2.24, 2.45) is 0 Å². The van der Waals surface area contributed by atoms with Crippen LogP contribution in [0.5, 0.6) is 0 Å². The Hall–Kier alpha value is -1.88. The van der Waals surface area contributed by atoms with Gasteiger partial charge in [-0.15, -0.1) is 11.3 Å². The third-order valence-electron chi connectivity index (χ3n) is 3.03. The average Bonchev–Trinajstić information content (AvgIpc) is 2.66. The molecular weight excluding hydrogens is 265 g/mol. The molecule has 0 atom stereocenters. The van der Waals surface area contributed by atoms with Gasteiger partial charge in [0.1, 0.15) is 10.7 Å². The molecule has 3 nitrogen and oxygen atoms in total. The van der Waals surface area contributed by atoms with E-state index in [1.54, 1.807) is 13.0 Å². The molecule has 0 amide bonds. The zero-order valence-corrected chi connectivity index (χ0v) is 11.5. The predicted octanol–water partition coefficient (Wildman–Crippen LogP) is 3.71. The number of hydrogen-bond donors (Lipinski definition) is 2. The van der Waals surface area contributed by atoms with Crippen molar-refractivity contribution in [3.63, 3.8) is 0 Å². The van der Waals surface area contributed by atoms with Gasteiger partial charge in [-0.05, 0) is 42.2 Å². The number of aromatic carboxylic acids is 1. The van der Waals surface area contributed by atoms with E-state index in [1.165, 1.54) is 12.1 Å². The summed E-state index contributed by atoms with van der Waals surface area (Å²) in [6, 6.07) is 4.48. The van der Waals surface area contributed by atoms with E-state index in [0.717, 1.165) is 32.9 Å². The van der Waals surface area contributed by atoms with E-state index in [0.29, 0.717) is 12.1 Å². The molecule has 0 bridgehead atoms. The normalized spacial score (nSPS) is 10.7. The first-order chi connectivity index (χ1) is 8.95. The van der Waals surface area contributed by atoms with Gasteiger partial charge < -0.3 is 10.8 Å². The van der Waals surface area contributed by atoms with Gasteiger partial charge in [0.25, 0.3) is 0 Å². The van der Waals surface area contributed by atoms with Crippen molar-refractivity contribution >= 4 is 23.0 Å². The molecule has 2 rings (SSSR count).